The molecule has 3 aromatic rings. The van der Waals surface area contributed by atoms with Crippen LogP contribution in [0.2, 0.25) is 0 Å². The van der Waals surface area contributed by atoms with Crippen molar-refractivity contribution in [2.45, 2.75) is 62.5 Å². The Balaban J connectivity index is 1.08. The number of ether oxygens (including phenoxy) is 1. The van der Waals surface area contributed by atoms with Gasteiger partial charge in [0, 0.05) is 38.2 Å². The summed E-state index contributed by atoms with van der Waals surface area (Å²) >= 11 is 0. The van der Waals surface area contributed by atoms with Crippen molar-refractivity contribution in [2.75, 3.05) is 24.5 Å². The summed E-state index contributed by atoms with van der Waals surface area (Å²) in [6.45, 7) is 2.83. The third kappa shape index (κ3) is 5.10. The average Bonchev–Trinajstić information content (AvgIpc) is 3.89. The predicted molar refractivity (Wildman–Crippen MR) is 150 cm³/mol. The molecule has 0 radical (unpaired) electrons. The van der Waals surface area contributed by atoms with Gasteiger partial charge in [0.2, 0.25) is 0 Å². The Hall–Kier alpha value is -3.78. The summed E-state index contributed by atoms with van der Waals surface area (Å²) in [5.74, 6) is -1.69. The summed E-state index contributed by atoms with van der Waals surface area (Å²) in [7, 11) is 0. The van der Waals surface area contributed by atoms with Gasteiger partial charge in [0.15, 0.2) is 11.6 Å². The molecule has 0 aromatic heterocycles. The first-order valence-corrected chi connectivity index (χ1v) is 14.5. The van der Waals surface area contributed by atoms with Crippen LogP contribution in [0, 0.1) is 11.6 Å². The maximum atomic E-state index is 14.2. The van der Waals surface area contributed by atoms with Gasteiger partial charge in [-0.05, 0) is 102 Å². The summed E-state index contributed by atoms with van der Waals surface area (Å²) in [4.78, 5) is 28.0. The van der Waals surface area contributed by atoms with E-state index in [1.54, 1.807) is 23.1 Å². The molecule has 6 nitrogen and oxygen atoms in total. The van der Waals surface area contributed by atoms with Gasteiger partial charge in [-0.25, -0.2) is 18.4 Å². The van der Waals surface area contributed by atoms with Crippen molar-refractivity contribution in [2.24, 2.45) is 0 Å². The minimum Gasteiger partial charge on any atom is -0.478 e. The molecular weight excluding hydrogens is 526 g/mol. The number of carboxylic acids is 1. The summed E-state index contributed by atoms with van der Waals surface area (Å²) in [6, 6.07) is 15.2. The number of amides is 1. The fourth-order valence-corrected chi connectivity index (χ4v) is 6.50. The van der Waals surface area contributed by atoms with Crippen LogP contribution in [-0.4, -0.2) is 47.3 Å². The lowest BCUT2D eigenvalue weighted by Crippen LogP contribution is -2.46. The van der Waals surface area contributed by atoms with Crippen LogP contribution in [0.25, 0.3) is 11.1 Å². The molecule has 1 spiro atoms. The molecule has 0 bridgehead atoms. The highest BCUT2D eigenvalue weighted by molar-refractivity contribution is 5.92. The molecule has 2 aliphatic carbocycles. The van der Waals surface area contributed by atoms with Crippen LogP contribution < -0.4 is 4.90 Å². The number of piperidine rings is 1. The molecule has 2 aliphatic heterocycles. The lowest BCUT2D eigenvalue weighted by atomic mass is 9.87. The molecule has 1 amide bonds. The van der Waals surface area contributed by atoms with Crippen LogP contribution in [0.1, 0.15) is 77.4 Å². The SMILES string of the molecule is O=C(O)c1ccc(N2CC3(CCN(Cc4cc(C5CC5)c(-c5ccc(F)c(F)c5)c(C5CC5)c4)CC3)OC2=O)cc1. The number of likely N-dealkylation sites (tertiary alicyclic amines) is 1. The Morgan fingerprint density at radius 1 is 0.902 bits per heavy atom. The Morgan fingerprint density at radius 2 is 1.54 bits per heavy atom. The first-order chi connectivity index (χ1) is 19.8. The Bertz CT molecular complexity index is 1490. The van der Waals surface area contributed by atoms with E-state index in [1.807, 2.05) is 0 Å². The highest BCUT2D eigenvalue weighted by Crippen LogP contribution is 2.51. The predicted octanol–water partition coefficient (Wildman–Crippen LogP) is 7.08. The number of carbonyl (C=O) groups is 2. The zero-order valence-corrected chi connectivity index (χ0v) is 22.7. The summed E-state index contributed by atoms with van der Waals surface area (Å²) in [5.41, 5.74) is 5.91. The number of hydrogen-bond donors (Lipinski definition) is 1. The molecule has 212 valence electrons. The van der Waals surface area contributed by atoms with Gasteiger partial charge in [0.05, 0.1) is 12.1 Å². The molecule has 2 saturated carbocycles. The van der Waals surface area contributed by atoms with Crippen LogP contribution in [0.5, 0.6) is 0 Å². The van der Waals surface area contributed by atoms with E-state index in [-0.39, 0.29) is 5.56 Å². The van der Waals surface area contributed by atoms with Crippen LogP contribution in [0.15, 0.2) is 54.6 Å². The molecule has 4 fully saturated rings. The number of halogens is 2. The fraction of sp³-hybridized carbons (Fsp3) is 0.394. The van der Waals surface area contributed by atoms with E-state index in [0.717, 1.165) is 69.3 Å². The first-order valence-electron chi connectivity index (χ1n) is 14.5. The van der Waals surface area contributed by atoms with Gasteiger partial charge < -0.3 is 9.84 Å². The second kappa shape index (κ2) is 9.94. The number of carbonyl (C=O) groups excluding carboxylic acids is 1. The van der Waals surface area contributed by atoms with Crippen LogP contribution in [-0.2, 0) is 11.3 Å². The van der Waals surface area contributed by atoms with Crippen LogP contribution in [0.3, 0.4) is 0 Å². The lowest BCUT2D eigenvalue weighted by Gasteiger charge is -2.37. The monoisotopic (exact) mass is 558 g/mol. The quantitative estimate of drug-likeness (QED) is 0.336. The standard InChI is InChI=1S/C33H32F2N2O4/c34-28-10-7-24(17-29(28)35)30-26(21-1-2-21)15-20(16-27(30)22-3-4-22)18-36-13-11-33(12-14-36)19-37(32(40)41-33)25-8-5-23(6-9-25)31(38)39/h5-10,15-17,21-22H,1-4,11-14,18-19H2,(H,38,39). The average molecular weight is 559 g/mol. The van der Waals surface area contributed by atoms with Gasteiger partial charge in [0.1, 0.15) is 5.60 Å². The molecule has 0 unspecified atom stereocenters. The summed E-state index contributed by atoms with van der Waals surface area (Å²) in [6.07, 6.45) is 5.54. The minimum absolute atomic E-state index is 0.178. The Morgan fingerprint density at radius 3 is 2.10 bits per heavy atom. The number of carboxylic acid groups (broad SMARTS) is 1. The van der Waals surface area contributed by atoms with Gasteiger partial charge in [-0.2, -0.15) is 0 Å². The maximum absolute atomic E-state index is 14.2. The van der Waals surface area contributed by atoms with Crippen molar-refractivity contribution in [1.82, 2.24) is 4.90 Å². The zero-order valence-electron chi connectivity index (χ0n) is 22.7. The largest absolute Gasteiger partial charge is 0.478 e. The first kappa shape index (κ1) is 26.1. The molecule has 2 heterocycles. The van der Waals surface area contributed by atoms with Gasteiger partial charge in [-0.15, -0.1) is 0 Å². The van der Waals surface area contributed by atoms with Crippen LogP contribution >= 0.6 is 0 Å². The Labute approximate surface area is 237 Å². The van der Waals surface area contributed by atoms with Crippen molar-refractivity contribution in [3.05, 3.63) is 88.5 Å². The van der Waals surface area contributed by atoms with E-state index in [2.05, 4.69) is 17.0 Å². The third-order valence-electron chi connectivity index (χ3n) is 9.07. The third-order valence-corrected chi connectivity index (χ3v) is 9.07. The second-order valence-corrected chi connectivity index (χ2v) is 12.1. The van der Waals surface area contributed by atoms with Gasteiger partial charge in [-0.1, -0.05) is 18.2 Å². The van der Waals surface area contributed by atoms with Crippen molar-refractivity contribution >= 4 is 17.7 Å². The highest BCUT2D eigenvalue weighted by Gasteiger charge is 2.47. The topological polar surface area (TPSA) is 70.1 Å². The molecule has 8 heteroatoms. The summed E-state index contributed by atoms with van der Waals surface area (Å²) < 4.78 is 33.9. The fourth-order valence-electron chi connectivity index (χ4n) is 6.50. The second-order valence-electron chi connectivity index (χ2n) is 12.1. The zero-order chi connectivity index (χ0) is 28.3. The minimum atomic E-state index is -1.00. The van der Waals surface area contributed by atoms with Crippen molar-refractivity contribution in [3.8, 4) is 11.1 Å². The van der Waals surface area contributed by atoms with Gasteiger partial charge in [-0.3, -0.25) is 9.80 Å². The molecule has 3 aromatic carbocycles. The highest BCUT2D eigenvalue weighted by atomic mass is 19.2. The van der Waals surface area contributed by atoms with Crippen molar-refractivity contribution in [3.63, 3.8) is 0 Å². The molecule has 1 N–H and O–H groups in total. The van der Waals surface area contributed by atoms with E-state index < -0.39 is 29.3 Å². The molecule has 7 rings (SSSR count). The number of nitrogens with zero attached hydrogens (tertiary/aromatic N) is 2. The molecule has 0 atom stereocenters. The summed E-state index contributed by atoms with van der Waals surface area (Å²) in [5, 5.41) is 9.16. The number of benzene rings is 3. The number of anilines is 1. The number of aromatic carboxylic acids is 1. The molecular formula is C33H32F2N2O4. The molecule has 41 heavy (non-hydrogen) atoms. The van der Waals surface area contributed by atoms with E-state index >= 15 is 0 Å². The smallest absolute Gasteiger partial charge is 0.415 e. The number of rotatable bonds is 7. The van der Waals surface area contributed by atoms with Crippen molar-refractivity contribution in [1.29, 1.82) is 0 Å². The normalized spacial score (nSPS) is 20.4. The van der Waals surface area contributed by atoms with E-state index in [9.17, 15) is 18.4 Å². The maximum Gasteiger partial charge on any atom is 0.415 e. The van der Waals surface area contributed by atoms with Crippen molar-refractivity contribution < 1.29 is 28.2 Å². The molecule has 4 aliphatic rings. The van der Waals surface area contributed by atoms with Crippen LogP contribution in [0.4, 0.5) is 19.3 Å². The lowest BCUT2D eigenvalue weighted by molar-refractivity contribution is -0.000988. The molecule has 2 saturated heterocycles. The van der Waals surface area contributed by atoms with Gasteiger partial charge in [0.25, 0.3) is 0 Å². The van der Waals surface area contributed by atoms with E-state index in [4.69, 9.17) is 9.84 Å². The Kier molecular flexibility index (Phi) is 6.34. The van der Waals surface area contributed by atoms with E-state index in [0.29, 0.717) is 24.1 Å². The van der Waals surface area contributed by atoms with Gasteiger partial charge >= 0.3 is 12.1 Å². The number of hydrogen-bond acceptors (Lipinski definition) is 4. The van der Waals surface area contributed by atoms with E-state index in [1.165, 1.54) is 41.0 Å².